The van der Waals surface area contributed by atoms with Gasteiger partial charge in [0.2, 0.25) is 0 Å². The van der Waals surface area contributed by atoms with Crippen molar-refractivity contribution < 1.29 is 149 Å². The Morgan fingerprint density at radius 3 is 0.579 bits per heavy atom. The number of carboxylic acids is 4. The second-order valence-corrected chi connectivity index (χ2v) is 38.2. The van der Waals surface area contributed by atoms with Gasteiger partial charge in [-0.1, -0.05) is 121 Å². The van der Waals surface area contributed by atoms with E-state index in [0.717, 1.165) is 121 Å². The van der Waals surface area contributed by atoms with Gasteiger partial charge in [0, 0.05) is 98.6 Å². The van der Waals surface area contributed by atoms with Crippen LogP contribution in [0.5, 0.6) is 23.0 Å². The fourth-order valence-corrected chi connectivity index (χ4v) is 19.4. The molecule has 0 aliphatic heterocycles. The largest absolute Gasteiger partial charge is 0.491 e. The highest BCUT2D eigenvalue weighted by Gasteiger charge is 2.34. The minimum atomic E-state index is -5.27. The van der Waals surface area contributed by atoms with Crippen molar-refractivity contribution in [1.82, 2.24) is 0 Å². The van der Waals surface area contributed by atoms with E-state index in [2.05, 4.69) is 18.9 Å². The Morgan fingerprint density at radius 1 is 0.243 bits per heavy atom. The van der Waals surface area contributed by atoms with E-state index in [1.54, 1.807) is 121 Å². The number of rotatable bonds is 44. The van der Waals surface area contributed by atoms with E-state index >= 15 is 33.7 Å². The molecule has 40 heteroatoms. The molecule has 0 atom stereocenters. The maximum Gasteiger partial charge on any atom is 0.338 e. The van der Waals surface area contributed by atoms with Gasteiger partial charge < -0.3 is 77.3 Å². The Balaban J connectivity index is 1.09. The van der Waals surface area contributed by atoms with Crippen LogP contribution in [0.3, 0.4) is 0 Å². The molecule has 0 amide bonds. The van der Waals surface area contributed by atoms with Gasteiger partial charge in [0.25, 0.3) is 40.1 Å². The number of carboxylic acid groups (broad SMARTS) is 4. The molecule has 12 aromatic carbocycles. The number of carbonyl (C=O) groups is 8. The van der Waals surface area contributed by atoms with Crippen LogP contribution in [0.1, 0.15) is 150 Å². The third-order valence-electron chi connectivity index (χ3n) is 21.3. The zero-order valence-corrected chi connectivity index (χ0v) is 78.5. The Kier molecular flexibility index (Phi) is 33.5. The van der Waals surface area contributed by atoms with Crippen LogP contribution in [-0.4, -0.2) is 183 Å². The lowest BCUT2D eigenvalue weighted by molar-refractivity contribution is 0.0463. The molecular weight excluding hydrogens is 1900 g/mol. The van der Waals surface area contributed by atoms with Crippen LogP contribution in [0.25, 0.3) is 0 Å². The summed E-state index contributed by atoms with van der Waals surface area (Å²) in [5, 5.41) is 42.2. The number of nitrogens with one attached hydrogen (secondary N) is 4. The standard InChI is InChI=1S/C100H92N4O32S4/c1-125-25-29-129-89-65-33-67-51-86(138(119,120)102-82-42-74(94(107)108)38-78(46-82)98(114)134-58-62-19-11-6-12-20-62)53-69(90(67)130-30-26-126-2)35-71-55-88(140(123,124)104-84-44-76(96(111)112)40-80(48-84)100(116)136-60-64-23-15-8-16-24-64)56-72(92(71)132-32-28-128-4)36-70-54-87(139(121,122)103-83-43-75(95(109)110)39-79(47-83)99(115)135-59-63-21-13-7-14-22-63)52-68(91(70)131-31-27-127-3)34-66(89)50-85(49-65)137(117,118)101-81-41-73(93(105)106)37-77(45-81)97(113)133-57-61-17-9-5-10-18-61/h5-24,37-56,101-104H,25-36,57-60H2,1-4H3,(H,105,106)(H,107,108)(H,109,110)(H,111,112). The average Bonchev–Trinajstić information content (AvgIpc) is 0.751. The van der Waals surface area contributed by atoms with Crippen molar-refractivity contribution in [3.63, 3.8) is 0 Å². The minimum absolute atomic E-state index is 0.207. The lowest BCUT2D eigenvalue weighted by Crippen LogP contribution is -2.19. The third-order valence-corrected chi connectivity index (χ3v) is 26.7. The van der Waals surface area contributed by atoms with Gasteiger partial charge in [0.05, 0.1) is 113 Å². The number of aromatic carboxylic acids is 4. The Morgan fingerprint density at radius 2 is 0.414 bits per heavy atom. The van der Waals surface area contributed by atoms with Crippen molar-refractivity contribution in [3.05, 3.63) is 354 Å². The number of ether oxygens (including phenoxy) is 12. The third kappa shape index (κ3) is 26.6. The lowest BCUT2D eigenvalue weighted by atomic mass is 9.91. The van der Waals surface area contributed by atoms with Gasteiger partial charge in [-0.25, -0.2) is 72.0 Å². The number of esters is 4. The predicted molar refractivity (Wildman–Crippen MR) is 506 cm³/mol. The van der Waals surface area contributed by atoms with E-state index in [9.17, 15) is 58.8 Å². The Hall–Kier alpha value is -15.6. The zero-order chi connectivity index (χ0) is 100. The summed E-state index contributed by atoms with van der Waals surface area (Å²) in [7, 11) is -15.8. The summed E-state index contributed by atoms with van der Waals surface area (Å²) in [4.78, 5) is 105. The van der Waals surface area contributed by atoms with Crippen molar-refractivity contribution in [2.24, 2.45) is 0 Å². The van der Waals surface area contributed by atoms with Gasteiger partial charge in [0.15, 0.2) is 0 Å². The average molecular weight is 1990 g/mol. The van der Waals surface area contributed by atoms with Gasteiger partial charge >= 0.3 is 47.8 Å². The zero-order valence-electron chi connectivity index (χ0n) is 75.3. The van der Waals surface area contributed by atoms with Crippen molar-refractivity contribution >= 4 is 111 Å². The summed E-state index contributed by atoms with van der Waals surface area (Å²) in [6.45, 7) is -3.66. The second kappa shape index (κ2) is 46.1. The molecular formula is C100H92N4O32S4. The molecule has 36 nitrogen and oxygen atoms in total. The molecule has 13 rings (SSSR count). The normalized spacial score (nSPS) is 11.9. The fraction of sp³-hybridized carbons (Fsp3) is 0.200. The molecule has 140 heavy (non-hydrogen) atoms. The first-order valence-electron chi connectivity index (χ1n) is 42.7. The molecule has 0 spiro atoms. The van der Waals surface area contributed by atoms with Gasteiger partial charge in [-0.3, -0.25) is 18.9 Å². The summed E-state index contributed by atoms with van der Waals surface area (Å²) in [5.41, 5.74) is -5.73. The lowest BCUT2D eigenvalue weighted by Gasteiger charge is -2.25. The predicted octanol–water partition coefficient (Wildman–Crippen LogP) is 13.9. The van der Waals surface area contributed by atoms with Crippen LogP contribution in [0.4, 0.5) is 22.7 Å². The molecule has 0 saturated heterocycles. The molecule has 0 heterocycles. The molecule has 8 bridgehead atoms. The minimum Gasteiger partial charge on any atom is -0.491 e. The summed E-state index contributed by atoms with van der Waals surface area (Å²) >= 11 is 0. The van der Waals surface area contributed by atoms with E-state index in [4.69, 9.17) is 56.8 Å². The topological polar surface area (TPSA) is 513 Å². The van der Waals surface area contributed by atoms with Gasteiger partial charge in [0.1, 0.15) is 75.9 Å². The highest BCUT2D eigenvalue weighted by atomic mass is 32.2. The summed E-state index contributed by atoms with van der Waals surface area (Å²) < 4.78 is 209. The van der Waals surface area contributed by atoms with E-state index in [-0.39, 0.29) is 120 Å². The van der Waals surface area contributed by atoms with Gasteiger partial charge in [-0.2, -0.15) is 0 Å². The number of methoxy groups -OCH3 is 4. The van der Waals surface area contributed by atoms with E-state index in [0.29, 0.717) is 22.3 Å². The Labute approximate surface area is 803 Å². The highest BCUT2D eigenvalue weighted by molar-refractivity contribution is 7.93. The van der Waals surface area contributed by atoms with Crippen LogP contribution in [0.2, 0.25) is 0 Å². The molecule has 0 fully saturated rings. The molecule has 0 saturated carbocycles. The van der Waals surface area contributed by atoms with Crippen LogP contribution in [0, 0.1) is 0 Å². The fourth-order valence-electron chi connectivity index (χ4n) is 14.8. The molecule has 0 aromatic heterocycles. The number of fused-ring (bicyclic) bond motifs is 8. The number of carbonyl (C=O) groups excluding carboxylic acids is 4. The highest BCUT2D eigenvalue weighted by Crippen LogP contribution is 2.44. The van der Waals surface area contributed by atoms with Crippen LogP contribution < -0.4 is 37.8 Å². The number of hydrogen-bond acceptors (Lipinski definition) is 28. The molecule has 0 unspecified atom stereocenters. The first kappa shape index (κ1) is 102. The van der Waals surface area contributed by atoms with Crippen molar-refractivity contribution in [1.29, 1.82) is 0 Å². The van der Waals surface area contributed by atoms with E-state index < -0.39 is 227 Å². The second-order valence-electron chi connectivity index (χ2n) is 31.4. The number of hydrogen-bond donors (Lipinski definition) is 8. The summed E-state index contributed by atoms with van der Waals surface area (Å²) in [6, 6.07) is 53.7. The summed E-state index contributed by atoms with van der Waals surface area (Å²) in [6.07, 6.45) is -2.98. The maximum absolute atomic E-state index is 16.0. The van der Waals surface area contributed by atoms with Crippen LogP contribution in [0.15, 0.2) is 262 Å². The van der Waals surface area contributed by atoms with Crippen molar-refractivity contribution in [2.75, 3.05) is 100 Å². The monoisotopic (exact) mass is 1990 g/mol. The first-order chi connectivity index (χ1) is 67.1. The van der Waals surface area contributed by atoms with Gasteiger partial charge in [-0.15, -0.1) is 0 Å². The maximum atomic E-state index is 16.0. The quantitative estimate of drug-likeness (QED) is 0.00998. The molecule has 1 aliphatic rings. The number of anilines is 4. The van der Waals surface area contributed by atoms with Crippen molar-refractivity contribution in [2.45, 2.75) is 71.7 Å². The molecule has 0 radical (unpaired) electrons. The smallest absolute Gasteiger partial charge is 0.338 e. The van der Waals surface area contributed by atoms with E-state index in [1.165, 1.54) is 28.4 Å². The number of benzene rings is 12. The molecule has 728 valence electrons. The molecule has 8 N–H and O–H groups in total. The molecule has 1 aliphatic carbocycles. The van der Waals surface area contributed by atoms with Gasteiger partial charge in [-0.05, 0) is 144 Å². The number of sulfonamides is 4. The first-order valence-corrected chi connectivity index (χ1v) is 48.6. The van der Waals surface area contributed by atoms with Crippen LogP contribution in [-0.2, 0) is 130 Å². The summed E-state index contributed by atoms with van der Waals surface area (Å²) in [5.74, 6) is -11.8. The SMILES string of the molecule is COCCOc1c2cc(S(=O)(=O)Nc3cc(C(=O)O)cc(C(=O)OCc4ccccc4)c3)cc1Cc1cc(S(=O)(=O)Nc3cc(C(=O)O)cc(C(=O)OCc4ccccc4)c3)cc(c1OCCOC)Cc1cc(S(=O)(=O)Nc3cc(C(=O)O)cc(C(=O)OCc4ccccc4)c3)cc(c1OCCOC)Cc1cc(S(=O)(=O)Nc3cc(C(=O)O)cc(C(=O)OCc4ccccc4)c3)cc(c1OCCOC)C2. The van der Waals surface area contributed by atoms with E-state index in [1.807, 2.05) is 0 Å². The molecule has 12 aromatic rings. The van der Waals surface area contributed by atoms with Crippen LogP contribution >= 0.6 is 0 Å². The van der Waals surface area contributed by atoms with Crippen molar-refractivity contribution in [3.8, 4) is 23.0 Å². The Bertz CT molecular complexity index is 6240.